The summed E-state index contributed by atoms with van der Waals surface area (Å²) < 4.78 is 0. The van der Waals surface area contributed by atoms with Gasteiger partial charge in [-0.1, -0.05) is 18.5 Å². The molecule has 6 heteroatoms. The highest BCUT2D eigenvalue weighted by molar-refractivity contribution is 6.32. The summed E-state index contributed by atoms with van der Waals surface area (Å²) >= 11 is 6.27. The first-order chi connectivity index (χ1) is 9.61. The van der Waals surface area contributed by atoms with Crippen LogP contribution in [0.25, 0.3) is 0 Å². The van der Waals surface area contributed by atoms with E-state index in [2.05, 4.69) is 46.1 Å². The van der Waals surface area contributed by atoms with Crippen LogP contribution in [-0.4, -0.2) is 54.6 Å². The van der Waals surface area contributed by atoms with Crippen LogP contribution < -0.4 is 10.2 Å². The maximum Gasteiger partial charge on any atom is 0.224 e. The van der Waals surface area contributed by atoms with Crippen molar-refractivity contribution in [2.75, 3.05) is 43.9 Å². The Kier molecular flexibility index (Phi) is 5.43. The molecule has 0 saturated carbocycles. The Balaban J connectivity index is 2.09. The van der Waals surface area contributed by atoms with Crippen LogP contribution in [0.4, 0.5) is 11.8 Å². The highest BCUT2D eigenvalue weighted by Crippen LogP contribution is 2.27. The molecular formula is C14H24ClN5. The zero-order valence-electron chi connectivity index (χ0n) is 12.6. The summed E-state index contributed by atoms with van der Waals surface area (Å²) in [5.41, 5.74) is 0. The van der Waals surface area contributed by atoms with Gasteiger partial charge in [0.25, 0.3) is 0 Å². The van der Waals surface area contributed by atoms with Crippen LogP contribution in [0.3, 0.4) is 0 Å². The molecule has 2 rings (SSSR count). The van der Waals surface area contributed by atoms with E-state index in [1.54, 1.807) is 6.20 Å². The van der Waals surface area contributed by atoms with Gasteiger partial charge in [0.1, 0.15) is 5.02 Å². The van der Waals surface area contributed by atoms with Crippen molar-refractivity contribution >= 4 is 23.4 Å². The van der Waals surface area contributed by atoms with Gasteiger partial charge >= 0.3 is 0 Å². The minimum absolute atomic E-state index is 0.498. The molecule has 0 bridgehead atoms. The molecule has 20 heavy (non-hydrogen) atoms. The number of nitrogens with zero attached hydrogens (tertiary/aromatic N) is 4. The molecule has 0 atom stereocenters. The van der Waals surface area contributed by atoms with E-state index in [1.807, 2.05) is 0 Å². The second-order valence-corrected chi connectivity index (χ2v) is 5.84. The summed E-state index contributed by atoms with van der Waals surface area (Å²) in [5, 5.41) is 3.83. The van der Waals surface area contributed by atoms with Gasteiger partial charge in [0.2, 0.25) is 5.95 Å². The van der Waals surface area contributed by atoms with Crippen LogP contribution in [0.2, 0.25) is 5.02 Å². The lowest BCUT2D eigenvalue weighted by molar-refractivity contribution is 0.252. The number of halogens is 1. The molecule has 0 aromatic carbocycles. The maximum absolute atomic E-state index is 6.27. The molecule has 1 aromatic heterocycles. The highest BCUT2D eigenvalue weighted by Gasteiger charge is 2.23. The van der Waals surface area contributed by atoms with Gasteiger partial charge in [-0.2, -0.15) is 4.98 Å². The van der Waals surface area contributed by atoms with Gasteiger partial charge in [0, 0.05) is 19.6 Å². The molecule has 2 heterocycles. The number of likely N-dealkylation sites (tertiary alicyclic amines) is 1. The molecule has 1 aliphatic rings. The van der Waals surface area contributed by atoms with Crippen molar-refractivity contribution in [2.45, 2.75) is 32.2 Å². The van der Waals surface area contributed by atoms with E-state index in [9.17, 15) is 0 Å². The molecule has 0 spiro atoms. The highest BCUT2D eigenvalue weighted by atomic mass is 35.5. The van der Waals surface area contributed by atoms with Crippen molar-refractivity contribution in [1.82, 2.24) is 14.9 Å². The third-order valence-corrected chi connectivity index (χ3v) is 4.10. The lowest BCUT2D eigenvalue weighted by Gasteiger charge is -2.36. The first kappa shape index (κ1) is 15.3. The van der Waals surface area contributed by atoms with E-state index in [4.69, 9.17) is 11.6 Å². The summed E-state index contributed by atoms with van der Waals surface area (Å²) in [5.74, 6) is 1.49. The lowest BCUT2D eigenvalue weighted by atomic mass is 10.0. The second-order valence-electron chi connectivity index (χ2n) is 5.44. The molecule has 5 nitrogen and oxygen atoms in total. The Hall–Kier alpha value is -1.07. The number of hydrogen-bond acceptors (Lipinski definition) is 5. The first-order valence-corrected chi connectivity index (χ1v) is 7.67. The van der Waals surface area contributed by atoms with Gasteiger partial charge in [-0.15, -0.1) is 0 Å². The predicted molar refractivity (Wildman–Crippen MR) is 84.7 cm³/mol. The zero-order valence-corrected chi connectivity index (χ0v) is 13.3. The molecule has 112 valence electrons. The van der Waals surface area contributed by atoms with E-state index in [1.165, 1.54) is 0 Å². The van der Waals surface area contributed by atoms with E-state index < -0.39 is 0 Å². The summed E-state index contributed by atoms with van der Waals surface area (Å²) in [7, 11) is 4.24. The second kappa shape index (κ2) is 7.09. The molecule has 1 aromatic rings. The fourth-order valence-corrected chi connectivity index (χ4v) is 2.71. The molecule has 0 radical (unpaired) electrons. The molecular weight excluding hydrogens is 274 g/mol. The Labute approximate surface area is 126 Å². The number of rotatable bonds is 5. The normalized spacial score (nSPS) is 17.2. The average molecular weight is 298 g/mol. The lowest BCUT2D eigenvalue weighted by Crippen LogP contribution is -2.42. The summed E-state index contributed by atoms with van der Waals surface area (Å²) in [6.07, 6.45) is 5.02. The molecule has 1 aliphatic heterocycles. The molecule has 1 N–H and O–H groups in total. The minimum atomic E-state index is 0.498. The number of hydrogen-bond donors (Lipinski definition) is 1. The Bertz CT molecular complexity index is 432. The molecule has 0 amide bonds. The van der Waals surface area contributed by atoms with Crippen LogP contribution in [0.15, 0.2) is 6.20 Å². The Morgan fingerprint density at radius 1 is 1.45 bits per heavy atom. The Morgan fingerprint density at radius 3 is 2.80 bits per heavy atom. The quantitative estimate of drug-likeness (QED) is 0.904. The standard InChI is InChI=1S/C14H24ClN5/c1-4-7-16-14-17-10-12(15)13(18-14)20(3)11-5-8-19(2)9-6-11/h10-11H,4-9H2,1-3H3,(H,16,17,18). The fraction of sp³-hybridized carbons (Fsp3) is 0.714. The third-order valence-electron chi connectivity index (χ3n) is 3.83. The first-order valence-electron chi connectivity index (χ1n) is 7.29. The van der Waals surface area contributed by atoms with E-state index in [0.717, 1.165) is 44.7 Å². The number of piperidine rings is 1. The van der Waals surface area contributed by atoms with Gasteiger partial charge in [0.05, 0.1) is 6.20 Å². The van der Waals surface area contributed by atoms with Crippen LogP contribution in [0, 0.1) is 0 Å². The average Bonchev–Trinajstić information content (AvgIpc) is 2.46. The molecule has 1 saturated heterocycles. The fourth-order valence-electron chi connectivity index (χ4n) is 2.48. The largest absolute Gasteiger partial charge is 0.355 e. The summed E-state index contributed by atoms with van der Waals surface area (Å²) in [4.78, 5) is 13.4. The summed E-state index contributed by atoms with van der Waals surface area (Å²) in [6, 6.07) is 0.498. The molecule has 0 unspecified atom stereocenters. The van der Waals surface area contributed by atoms with Gasteiger partial charge in [0.15, 0.2) is 5.82 Å². The van der Waals surface area contributed by atoms with E-state index >= 15 is 0 Å². The van der Waals surface area contributed by atoms with Crippen LogP contribution in [-0.2, 0) is 0 Å². The predicted octanol–water partition coefficient (Wildman–Crippen LogP) is 2.48. The smallest absolute Gasteiger partial charge is 0.224 e. The van der Waals surface area contributed by atoms with Crippen LogP contribution >= 0.6 is 11.6 Å². The van der Waals surface area contributed by atoms with Crippen molar-refractivity contribution in [2.24, 2.45) is 0 Å². The summed E-state index contributed by atoms with van der Waals surface area (Å²) in [6.45, 7) is 5.24. The third kappa shape index (κ3) is 3.73. The van der Waals surface area contributed by atoms with Gasteiger partial charge in [-0.25, -0.2) is 4.98 Å². The number of nitrogens with one attached hydrogen (secondary N) is 1. The minimum Gasteiger partial charge on any atom is -0.355 e. The van der Waals surface area contributed by atoms with Gasteiger partial charge in [-0.3, -0.25) is 0 Å². The monoisotopic (exact) mass is 297 g/mol. The zero-order chi connectivity index (χ0) is 14.5. The van der Waals surface area contributed by atoms with Crippen molar-refractivity contribution in [3.8, 4) is 0 Å². The Morgan fingerprint density at radius 2 is 2.15 bits per heavy atom. The van der Waals surface area contributed by atoms with Gasteiger partial charge in [-0.05, 0) is 39.4 Å². The van der Waals surface area contributed by atoms with Crippen molar-refractivity contribution in [1.29, 1.82) is 0 Å². The molecule has 1 fully saturated rings. The van der Waals surface area contributed by atoms with E-state index in [-0.39, 0.29) is 0 Å². The molecule has 0 aliphatic carbocycles. The van der Waals surface area contributed by atoms with Gasteiger partial charge < -0.3 is 15.1 Å². The van der Waals surface area contributed by atoms with Crippen molar-refractivity contribution in [3.63, 3.8) is 0 Å². The number of anilines is 2. The van der Waals surface area contributed by atoms with Crippen molar-refractivity contribution < 1.29 is 0 Å². The van der Waals surface area contributed by atoms with Crippen LogP contribution in [0.5, 0.6) is 0 Å². The topological polar surface area (TPSA) is 44.3 Å². The number of aromatic nitrogens is 2. The SMILES string of the molecule is CCCNc1ncc(Cl)c(N(C)C2CCN(C)CC2)n1. The maximum atomic E-state index is 6.27. The van der Waals surface area contributed by atoms with E-state index in [0.29, 0.717) is 17.0 Å². The van der Waals surface area contributed by atoms with Crippen molar-refractivity contribution in [3.05, 3.63) is 11.2 Å². The van der Waals surface area contributed by atoms with Crippen LogP contribution in [0.1, 0.15) is 26.2 Å².